The standard InChI is InChI=1S/C15H24N2OS2/c1-15(2)6-7-17(8-9-20(15)18)11-13-10-16-14(19-13)12-4-3-5-12/h10,12H,3-9,11H2,1-2H3. The predicted octanol–water partition coefficient (Wildman–Crippen LogP) is 3.14. The highest BCUT2D eigenvalue weighted by atomic mass is 32.2. The normalized spacial score (nSPS) is 28.0. The average molecular weight is 313 g/mol. The van der Waals surface area contributed by atoms with E-state index in [1.165, 1.54) is 29.1 Å². The molecule has 2 heterocycles. The molecule has 1 aliphatic heterocycles. The van der Waals surface area contributed by atoms with Crippen LogP contribution in [-0.2, 0) is 17.3 Å². The Bertz CT molecular complexity index is 494. The molecule has 0 radical (unpaired) electrons. The summed E-state index contributed by atoms with van der Waals surface area (Å²) in [5.74, 6) is 1.55. The van der Waals surface area contributed by atoms with E-state index in [2.05, 4.69) is 29.9 Å². The maximum Gasteiger partial charge on any atom is 0.0959 e. The van der Waals surface area contributed by atoms with Gasteiger partial charge in [-0.05, 0) is 39.7 Å². The summed E-state index contributed by atoms with van der Waals surface area (Å²) < 4.78 is 12.1. The molecule has 0 N–H and O–H groups in total. The summed E-state index contributed by atoms with van der Waals surface area (Å²) in [5, 5.41) is 1.34. The molecule has 1 saturated carbocycles. The van der Waals surface area contributed by atoms with Gasteiger partial charge in [-0.1, -0.05) is 6.42 Å². The lowest BCUT2D eigenvalue weighted by molar-refractivity contribution is 0.278. The van der Waals surface area contributed by atoms with Gasteiger partial charge in [0.05, 0.1) is 5.01 Å². The van der Waals surface area contributed by atoms with Crippen LogP contribution in [0.3, 0.4) is 0 Å². The van der Waals surface area contributed by atoms with Gasteiger partial charge in [-0.25, -0.2) is 4.98 Å². The fourth-order valence-electron chi connectivity index (χ4n) is 2.76. The molecule has 1 aromatic rings. The molecule has 1 saturated heterocycles. The van der Waals surface area contributed by atoms with Gasteiger partial charge in [0, 0.05) is 51.4 Å². The van der Waals surface area contributed by atoms with E-state index in [1.807, 2.05) is 11.3 Å². The Morgan fingerprint density at radius 3 is 2.95 bits per heavy atom. The summed E-state index contributed by atoms with van der Waals surface area (Å²) in [6.45, 7) is 7.25. The van der Waals surface area contributed by atoms with Crippen LogP contribution in [0, 0.1) is 0 Å². The van der Waals surface area contributed by atoms with Gasteiger partial charge in [-0.3, -0.25) is 9.11 Å². The van der Waals surface area contributed by atoms with E-state index in [4.69, 9.17) is 0 Å². The Morgan fingerprint density at radius 2 is 2.25 bits per heavy atom. The Hall–Kier alpha value is -0.260. The lowest BCUT2D eigenvalue weighted by Gasteiger charge is -2.23. The van der Waals surface area contributed by atoms with E-state index in [-0.39, 0.29) is 4.75 Å². The molecule has 3 rings (SSSR count). The topological polar surface area (TPSA) is 33.2 Å². The van der Waals surface area contributed by atoms with E-state index >= 15 is 0 Å². The van der Waals surface area contributed by atoms with Crippen LogP contribution in [0.5, 0.6) is 0 Å². The van der Waals surface area contributed by atoms with Crippen molar-refractivity contribution in [3.63, 3.8) is 0 Å². The zero-order valence-corrected chi connectivity index (χ0v) is 14.1. The van der Waals surface area contributed by atoms with E-state index in [0.717, 1.165) is 37.7 Å². The van der Waals surface area contributed by atoms with E-state index in [9.17, 15) is 4.21 Å². The van der Waals surface area contributed by atoms with Crippen LogP contribution in [-0.4, -0.2) is 37.7 Å². The first kappa shape index (κ1) is 14.7. The highest BCUT2D eigenvalue weighted by molar-refractivity contribution is 7.86. The Morgan fingerprint density at radius 1 is 1.45 bits per heavy atom. The van der Waals surface area contributed by atoms with Crippen molar-refractivity contribution in [3.05, 3.63) is 16.1 Å². The largest absolute Gasteiger partial charge is 0.297 e. The summed E-state index contributed by atoms with van der Waals surface area (Å²) in [7, 11) is -0.695. The van der Waals surface area contributed by atoms with Gasteiger partial charge in [-0.2, -0.15) is 0 Å². The predicted molar refractivity (Wildman–Crippen MR) is 85.7 cm³/mol. The van der Waals surface area contributed by atoms with Crippen molar-refractivity contribution in [2.45, 2.75) is 56.7 Å². The fourth-order valence-corrected chi connectivity index (χ4v) is 5.18. The van der Waals surface area contributed by atoms with Crippen LogP contribution in [0.1, 0.15) is 55.3 Å². The number of rotatable bonds is 3. The number of aromatic nitrogens is 1. The first-order chi connectivity index (χ1) is 9.54. The van der Waals surface area contributed by atoms with Crippen LogP contribution in [0.2, 0.25) is 0 Å². The molecular formula is C15H24N2OS2. The second-order valence-corrected chi connectivity index (χ2v) is 9.98. The highest BCUT2D eigenvalue weighted by Crippen LogP contribution is 2.38. The SMILES string of the molecule is CC1(C)CCN(Cc2cnc(C3CCC3)s2)CCS1=O. The van der Waals surface area contributed by atoms with Crippen LogP contribution in [0.25, 0.3) is 0 Å². The molecule has 0 aromatic carbocycles. The minimum atomic E-state index is -0.695. The molecule has 3 nitrogen and oxygen atoms in total. The molecule has 1 aromatic heterocycles. The molecule has 2 aliphatic rings. The third-order valence-corrected chi connectivity index (χ3v) is 7.78. The zero-order valence-electron chi connectivity index (χ0n) is 12.4. The van der Waals surface area contributed by atoms with Gasteiger partial charge < -0.3 is 0 Å². The third-order valence-electron chi connectivity index (χ3n) is 4.64. The maximum absolute atomic E-state index is 12.1. The quantitative estimate of drug-likeness (QED) is 0.859. The number of thiazole rings is 1. The number of hydrogen-bond acceptors (Lipinski definition) is 4. The first-order valence-corrected chi connectivity index (χ1v) is 9.73. The average Bonchev–Trinajstić information content (AvgIpc) is 2.73. The lowest BCUT2D eigenvalue weighted by Crippen LogP contribution is -2.28. The first-order valence-electron chi connectivity index (χ1n) is 7.60. The summed E-state index contributed by atoms with van der Waals surface area (Å²) in [6, 6.07) is 0. The monoisotopic (exact) mass is 312 g/mol. The molecule has 20 heavy (non-hydrogen) atoms. The smallest absolute Gasteiger partial charge is 0.0959 e. The van der Waals surface area contributed by atoms with Gasteiger partial charge in [0.1, 0.15) is 0 Å². The lowest BCUT2D eigenvalue weighted by atomic mass is 9.86. The van der Waals surface area contributed by atoms with Crippen molar-refractivity contribution in [2.75, 3.05) is 18.8 Å². The maximum atomic E-state index is 12.1. The van der Waals surface area contributed by atoms with Crippen LogP contribution in [0.15, 0.2) is 6.20 Å². The summed E-state index contributed by atoms with van der Waals surface area (Å²) in [4.78, 5) is 8.42. The second kappa shape index (κ2) is 5.85. The zero-order chi connectivity index (χ0) is 14.2. The Kier molecular flexibility index (Phi) is 4.29. The van der Waals surface area contributed by atoms with Gasteiger partial charge in [-0.15, -0.1) is 11.3 Å². The Balaban J connectivity index is 1.60. The van der Waals surface area contributed by atoms with E-state index in [1.54, 1.807) is 0 Å². The summed E-state index contributed by atoms with van der Waals surface area (Å²) in [6.07, 6.45) is 7.10. The number of nitrogens with zero attached hydrogens (tertiary/aromatic N) is 2. The third kappa shape index (κ3) is 3.15. The molecule has 0 amide bonds. The molecule has 0 bridgehead atoms. The van der Waals surface area contributed by atoms with Crippen molar-refractivity contribution in [1.82, 2.24) is 9.88 Å². The molecular weight excluding hydrogens is 288 g/mol. The van der Waals surface area contributed by atoms with Crippen molar-refractivity contribution in [3.8, 4) is 0 Å². The number of hydrogen-bond donors (Lipinski definition) is 0. The van der Waals surface area contributed by atoms with Crippen LogP contribution < -0.4 is 0 Å². The Labute approximate surface area is 128 Å². The van der Waals surface area contributed by atoms with Crippen molar-refractivity contribution in [2.24, 2.45) is 0 Å². The van der Waals surface area contributed by atoms with Crippen molar-refractivity contribution in [1.29, 1.82) is 0 Å². The minimum absolute atomic E-state index is 0.0282. The van der Waals surface area contributed by atoms with Crippen molar-refractivity contribution < 1.29 is 4.21 Å². The van der Waals surface area contributed by atoms with Crippen LogP contribution in [0.4, 0.5) is 0 Å². The second-order valence-electron chi connectivity index (χ2n) is 6.63. The van der Waals surface area contributed by atoms with E-state index < -0.39 is 10.8 Å². The molecule has 0 spiro atoms. The van der Waals surface area contributed by atoms with E-state index in [0.29, 0.717) is 0 Å². The van der Waals surface area contributed by atoms with Crippen LogP contribution >= 0.6 is 11.3 Å². The van der Waals surface area contributed by atoms with Gasteiger partial charge >= 0.3 is 0 Å². The van der Waals surface area contributed by atoms with Gasteiger partial charge in [0.2, 0.25) is 0 Å². The highest BCUT2D eigenvalue weighted by Gasteiger charge is 2.30. The summed E-state index contributed by atoms with van der Waals surface area (Å²) >= 11 is 1.89. The molecule has 1 aliphatic carbocycles. The van der Waals surface area contributed by atoms with Gasteiger partial charge in [0.25, 0.3) is 0 Å². The summed E-state index contributed by atoms with van der Waals surface area (Å²) in [5.41, 5.74) is 0. The van der Waals surface area contributed by atoms with Gasteiger partial charge in [0.15, 0.2) is 0 Å². The molecule has 2 fully saturated rings. The molecule has 1 atom stereocenters. The van der Waals surface area contributed by atoms with Crippen molar-refractivity contribution >= 4 is 22.1 Å². The minimum Gasteiger partial charge on any atom is -0.297 e. The molecule has 112 valence electrons. The molecule has 1 unspecified atom stereocenters. The fraction of sp³-hybridized carbons (Fsp3) is 0.800. The molecule has 5 heteroatoms.